The van der Waals surface area contributed by atoms with Crippen LogP contribution in [0.4, 0.5) is 5.69 Å². The molecule has 2 amide bonds. The topological polar surface area (TPSA) is 79.9 Å². The maximum Gasteiger partial charge on any atom is 0.238 e. The lowest BCUT2D eigenvalue weighted by Gasteiger charge is -2.40. The van der Waals surface area contributed by atoms with Gasteiger partial charge in [0.05, 0.1) is 31.3 Å². The third kappa shape index (κ3) is 6.47. The number of likely N-dealkylation sites (tertiary alicyclic amines) is 1. The number of benzene rings is 2. The number of anilines is 1. The fourth-order valence-electron chi connectivity index (χ4n) is 5.04. The van der Waals surface area contributed by atoms with Gasteiger partial charge < -0.3 is 20.1 Å². The minimum absolute atomic E-state index is 0.114. The molecule has 1 fully saturated rings. The quantitative estimate of drug-likeness (QED) is 0.656. The number of rotatable bonds is 4. The average Bonchev–Trinajstić information content (AvgIpc) is 2.85. The van der Waals surface area contributed by atoms with E-state index in [1.165, 1.54) is 5.56 Å². The summed E-state index contributed by atoms with van der Waals surface area (Å²) >= 11 is 6.07. The van der Waals surface area contributed by atoms with Crippen molar-refractivity contribution in [2.45, 2.75) is 38.5 Å². The minimum Gasteiger partial charge on any atom is -0.495 e. The molecule has 2 aromatic rings. The highest BCUT2D eigenvalue weighted by molar-refractivity contribution is 6.31. The van der Waals surface area contributed by atoms with Crippen molar-refractivity contribution >= 4 is 29.1 Å². The highest BCUT2D eigenvalue weighted by atomic mass is 35.5. The third-order valence-electron chi connectivity index (χ3n) is 7.07. The predicted octanol–water partition coefficient (Wildman–Crippen LogP) is 4.29. The first kappa shape index (κ1) is 25.3. The molecule has 1 spiro atoms. The largest absolute Gasteiger partial charge is 0.495 e. The molecule has 2 aliphatic heterocycles. The van der Waals surface area contributed by atoms with Crippen molar-refractivity contribution in [1.82, 2.24) is 10.2 Å². The third-order valence-corrected chi connectivity index (χ3v) is 7.30. The van der Waals surface area contributed by atoms with E-state index in [1.807, 2.05) is 18.2 Å². The van der Waals surface area contributed by atoms with Crippen LogP contribution in [0.5, 0.6) is 11.5 Å². The molecule has 0 aromatic heterocycles. The second-order valence-corrected chi connectivity index (χ2v) is 9.80. The number of hydrogen-bond donors (Lipinski definition) is 2. The molecule has 0 unspecified atom stereocenters. The molecule has 35 heavy (non-hydrogen) atoms. The standard InChI is InChI=1S/C27H34ClN3O4/c1-34-24-10-9-21(28)18-22(24)30-25(32)19-31-15-12-27(13-16-31)11-5-4-7-20-6-2-3-8-23(20)35-17-14-29-26(27)33/h2-3,6,8-10,18H,4-5,7,11-17,19H2,1H3,(H,29,33)(H,30,32). The van der Waals surface area contributed by atoms with Gasteiger partial charge in [-0.25, -0.2) is 0 Å². The van der Waals surface area contributed by atoms with Gasteiger partial charge in [-0.1, -0.05) is 36.2 Å². The van der Waals surface area contributed by atoms with Crippen LogP contribution in [0.3, 0.4) is 0 Å². The predicted molar refractivity (Wildman–Crippen MR) is 137 cm³/mol. The first-order valence-electron chi connectivity index (χ1n) is 12.3. The van der Waals surface area contributed by atoms with Gasteiger partial charge in [-0.05, 0) is 75.0 Å². The van der Waals surface area contributed by atoms with E-state index in [2.05, 4.69) is 21.6 Å². The first-order chi connectivity index (χ1) is 17.0. The molecule has 0 atom stereocenters. The number of halogens is 1. The van der Waals surface area contributed by atoms with E-state index in [9.17, 15) is 9.59 Å². The zero-order valence-corrected chi connectivity index (χ0v) is 21.0. The van der Waals surface area contributed by atoms with E-state index in [-0.39, 0.29) is 23.8 Å². The van der Waals surface area contributed by atoms with Gasteiger partial charge in [-0.2, -0.15) is 0 Å². The maximum atomic E-state index is 13.2. The Labute approximate surface area is 212 Å². The molecule has 0 saturated carbocycles. The van der Waals surface area contributed by atoms with Crippen molar-refractivity contribution in [3.8, 4) is 11.5 Å². The SMILES string of the molecule is COc1ccc(Cl)cc1NC(=O)CN1CCC2(CCCCc3ccccc3OCCNC2=O)CC1. The van der Waals surface area contributed by atoms with E-state index < -0.39 is 0 Å². The van der Waals surface area contributed by atoms with Crippen molar-refractivity contribution in [2.24, 2.45) is 5.41 Å². The number of nitrogens with zero attached hydrogens (tertiary/aromatic N) is 1. The van der Waals surface area contributed by atoms with E-state index >= 15 is 0 Å². The molecule has 2 N–H and O–H groups in total. The van der Waals surface area contributed by atoms with Crippen molar-refractivity contribution in [3.05, 3.63) is 53.1 Å². The fraction of sp³-hybridized carbons (Fsp3) is 0.481. The number of amides is 2. The Bertz CT molecular complexity index is 1040. The van der Waals surface area contributed by atoms with E-state index in [0.717, 1.165) is 44.3 Å². The second-order valence-electron chi connectivity index (χ2n) is 9.37. The van der Waals surface area contributed by atoms with Gasteiger partial charge in [0.2, 0.25) is 11.8 Å². The number of piperidine rings is 1. The number of carbonyl (C=O) groups is 2. The molecule has 4 rings (SSSR count). The van der Waals surface area contributed by atoms with Gasteiger partial charge in [0.15, 0.2) is 0 Å². The summed E-state index contributed by atoms with van der Waals surface area (Å²) in [5.41, 5.74) is 1.40. The van der Waals surface area contributed by atoms with Crippen LogP contribution in [0.25, 0.3) is 0 Å². The molecule has 1 saturated heterocycles. The van der Waals surface area contributed by atoms with Crippen molar-refractivity contribution in [3.63, 3.8) is 0 Å². The smallest absolute Gasteiger partial charge is 0.238 e. The average molecular weight is 500 g/mol. The van der Waals surface area contributed by atoms with Gasteiger partial charge in [0, 0.05) is 5.02 Å². The minimum atomic E-state index is -0.387. The Balaban J connectivity index is 1.33. The lowest BCUT2D eigenvalue weighted by Crippen LogP contribution is -2.50. The summed E-state index contributed by atoms with van der Waals surface area (Å²) < 4.78 is 11.2. The Morgan fingerprint density at radius 1 is 1.17 bits per heavy atom. The van der Waals surface area contributed by atoms with Gasteiger partial charge in [-0.15, -0.1) is 0 Å². The van der Waals surface area contributed by atoms with Crippen LogP contribution in [0.2, 0.25) is 5.02 Å². The van der Waals surface area contributed by atoms with Crippen LogP contribution in [-0.4, -0.2) is 56.6 Å². The molecule has 2 aliphatic rings. The van der Waals surface area contributed by atoms with Crippen molar-refractivity contribution < 1.29 is 19.1 Å². The zero-order valence-electron chi connectivity index (χ0n) is 20.3. The molecular weight excluding hydrogens is 466 g/mol. The van der Waals surface area contributed by atoms with E-state index in [4.69, 9.17) is 21.1 Å². The molecule has 8 heteroatoms. The van der Waals surface area contributed by atoms with Crippen LogP contribution in [0.1, 0.15) is 37.7 Å². The molecule has 2 heterocycles. The van der Waals surface area contributed by atoms with Crippen LogP contribution >= 0.6 is 11.6 Å². The van der Waals surface area contributed by atoms with Crippen LogP contribution in [0.15, 0.2) is 42.5 Å². The summed E-state index contributed by atoms with van der Waals surface area (Å²) in [6, 6.07) is 13.3. The summed E-state index contributed by atoms with van der Waals surface area (Å²) in [5, 5.41) is 6.54. The fourth-order valence-corrected chi connectivity index (χ4v) is 5.22. The Hall–Kier alpha value is -2.77. The Kier molecular flexibility index (Phi) is 8.52. The maximum absolute atomic E-state index is 13.2. The Morgan fingerprint density at radius 2 is 1.97 bits per heavy atom. The van der Waals surface area contributed by atoms with E-state index in [0.29, 0.717) is 42.7 Å². The number of nitrogens with one attached hydrogen (secondary N) is 2. The van der Waals surface area contributed by atoms with Gasteiger partial charge >= 0.3 is 0 Å². The van der Waals surface area contributed by atoms with Gasteiger partial charge in [0.25, 0.3) is 0 Å². The molecular formula is C27H34ClN3O4. The number of fused-ring (bicyclic) bond motifs is 1. The monoisotopic (exact) mass is 499 g/mol. The number of hydrogen-bond acceptors (Lipinski definition) is 5. The zero-order chi connectivity index (χ0) is 24.7. The van der Waals surface area contributed by atoms with Crippen LogP contribution in [-0.2, 0) is 16.0 Å². The van der Waals surface area contributed by atoms with E-state index in [1.54, 1.807) is 25.3 Å². The molecule has 7 nitrogen and oxygen atoms in total. The van der Waals surface area contributed by atoms with Crippen LogP contribution < -0.4 is 20.1 Å². The first-order valence-corrected chi connectivity index (χ1v) is 12.7. The lowest BCUT2D eigenvalue weighted by molar-refractivity contribution is -0.135. The van der Waals surface area contributed by atoms with Crippen molar-refractivity contribution in [2.75, 3.05) is 45.2 Å². The van der Waals surface area contributed by atoms with Crippen molar-refractivity contribution in [1.29, 1.82) is 0 Å². The number of carbonyl (C=O) groups excluding carboxylic acids is 2. The second kappa shape index (κ2) is 11.8. The summed E-state index contributed by atoms with van der Waals surface area (Å²) in [7, 11) is 1.56. The van der Waals surface area contributed by atoms with Gasteiger partial charge in [0.1, 0.15) is 18.1 Å². The summed E-state index contributed by atoms with van der Waals surface area (Å²) in [6.45, 7) is 2.61. The molecule has 2 aromatic carbocycles. The summed E-state index contributed by atoms with van der Waals surface area (Å²) in [6.07, 6.45) is 5.29. The molecule has 0 bridgehead atoms. The number of ether oxygens (including phenoxy) is 2. The van der Waals surface area contributed by atoms with Crippen LogP contribution in [0, 0.1) is 5.41 Å². The molecule has 0 radical (unpaired) electrons. The summed E-state index contributed by atoms with van der Waals surface area (Å²) in [4.78, 5) is 28.0. The number of para-hydroxylation sites is 1. The lowest BCUT2D eigenvalue weighted by atomic mass is 9.73. The summed E-state index contributed by atoms with van der Waals surface area (Å²) in [5.74, 6) is 1.47. The highest BCUT2D eigenvalue weighted by Crippen LogP contribution is 2.38. The number of aryl methyl sites for hydroxylation is 1. The molecule has 188 valence electrons. The highest BCUT2D eigenvalue weighted by Gasteiger charge is 2.41. The number of methoxy groups -OCH3 is 1. The van der Waals surface area contributed by atoms with Gasteiger partial charge in [-0.3, -0.25) is 14.5 Å². The Morgan fingerprint density at radius 3 is 2.77 bits per heavy atom. The molecule has 0 aliphatic carbocycles. The normalized spacial score (nSPS) is 18.9.